The normalized spacial score (nSPS) is 10.7. The molecule has 0 unspecified atom stereocenters. The molecule has 1 aromatic heterocycles. The van der Waals surface area contributed by atoms with Crippen molar-refractivity contribution in [3.63, 3.8) is 0 Å². The number of aryl methyl sites for hydroxylation is 1. The van der Waals surface area contributed by atoms with Gasteiger partial charge in [-0.15, -0.1) is 0 Å². The van der Waals surface area contributed by atoms with Gasteiger partial charge in [-0.3, -0.25) is 9.78 Å². The number of hydrogen-bond donors (Lipinski definition) is 0. The van der Waals surface area contributed by atoms with Gasteiger partial charge >= 0.3 is 0 Å². The van der Waals surface area contributed by atoms with Crippen LogP contribution in [0.25, 0.3) is 0 Å². The van der Waals surface area contributed by atoms with Crippen LogP contribution in [0.4, 0.5) is 0 Å². The number of pyridine rings is 1. The molecule has 1 amide bonds. The third kappa shape index (κ3) is 4.45. The van der Waals surface area contributed by atoms with Gasteiger partial charge in [0.1, 0.15) is 5.69 Å². The first-order valence-electron chi connectivity index (χ1n) is 6.41. The molecule has 0 spiro atoms. The van der Waals surface area contributed by atoms with Gasteiger partial charge in [0.2, 0.25) is 0 Å². The van der Waals surface area contributed by atoms with Gasteiger partial charge in [-0.1, -0.05) is 6.07 Å². The summed E-state index contributed by atoms with van der Waals surface area (Å²) >= 11 is 0. The van der Waals surface area contributed by atoms with E-state index in [4.69, 9.17) is 0 Å². The van der Waals surface area contributed by atoms with Gasteiger partial charge in [-0.25, -0.2) is 0 Å². The Morgan fingerprint density at radius 1 is 1.28 bits per heavy atom. The van der Waals surface area contributed by atoms with Crippen LogP contribution in [-0.2, 0) is 0 Å². The zero-order valence-electron chi connectivity index (χ0n) is 11.8. The van der Waals surface area contributed by atoms with Gasteiger partial charge < -0.3 is 9.80 Å². The Kier molecular flexibility index (Phi) is 5.78. The van der Waals surface area contributed by atoms with Gasteiger partial charge in [0, 0.05) is 19.3 Å². The Balaban J connectivity index is 2.59. The third-order valence-electron chi connectivity index (χ3n) is 2.83. The van der Waals surface area contributed by atoms with Crippen molar-refractivity contribution >= 4 is 5.91 Å². The lowest BCUT2D eigenvalue weighted by Crippen LogP contribution is -2.33. The van der Waals surface area contributed by atoms with Crippen molar-refractivity contribution in [2.45, 2.75) is 20.3 Å². The van der Waals surface area contributed by atoms with E-state index in [1.165, 1.54) is 0 Å². The zero-order chi connectivity index (χ0) is 13.5. The molecule has 100 valence electrons. The number of nitrogens with zero attached hydrogens (tertiary/aromatic N) is 3. The maximum absolute atomic E-state index is 12.2. The van der Waals surface area contributed by atoms with Gasteiger partial charge in [0.05, 0.1) is 0 Å². The average Bonchev–Trinajstić information content (AvgIpc) is 2.34. The van der Waals surface area contributed by atoms with Crippen molar-refractivity contribution in [3.8, 4) is 0 Å². The summed E-state index contributed by atoms with van der Waals surface area (Å²) in [4.78, 5) is 20.4. The quantitative estimate of drug-likeness (QED) is 0.771. The van der Waals surface area contributed by atoms with E-state index in [1.807, 2.05) is 38.9 Å². The van der Waals surface area contributed by atoms with E-state index in [-0.39, 0.29) is 5.91 Å². The van der Waals surface area contributed by atoms with E-state index in [0.717, 1.165) is 31.6 Å². The molecule has 1 heterocycles. The van der Waals surface area contributed by atoms with Gasteiger partial charge in [-0.2, -0.15) is 0 Å². The van der Waals surface area contributed by atoms with Crippen LogP contribution in [0.5, 0.6) is 0 Å². The molecular weight excluding hydrogens is 226 g/mol. The fourth-order valence-corrected chi connectivity index (χ4v) is 1.74. The Labute approximate surface area is 110 Å². The second-order valence-electron chi connectivity index (χ2n) is 4.76. The molecule has 0 aromatic carbocycles. The maximum atomic E-state index is 12.2. The van der Waals surface area contributed by atoms with Crippen molar-refractivity contribution in [2.24, 2.45) is 0 Å². The summed E-state index contributed by atoms with van der Waals surface area (Å²) in [5, 5.41) is 0. The molecule has 18 heavy (non-hydrogen) atoms. The number of carbonyl (C=O) groups is 1. The van der Waals surface area contributed by atoms with E-state index in [1.54, 1.807) is 12.3 Å². The topological polar surface area (TPSA) is 36.4 Å². The SMILES string of the molecule is CCN(CCCN(C)C)C(=O)c1ccc(C)cn1. The van der Waals surface area contributed by atoms with Gasteiger partial charge in [-0.05, 0) is 52.5 Å². The second-order valence-corrected chi connectivity index (χ2v) is 4.76. The fraction of sp³-hybridized carbons (Fsp3) is 0.571. The van der Waals surface area contributed by atoms with Gasteiger partial charge in [0.15, 0.2) is 0 Å². The number of aromatic nitrogens is 1. The van der Waals surface area contributed by atoms with E-state index >= 15 is 0 Å². The van der Waals surface area contributed by atoms with Crippen LogP contribution in [0.3, 0.4) is 0 Å². The van der Waals surface area contributed by atoms with Crippen LogP contribution in [0.15, 0.2) is 18.3 Å². The lowest BCUT2D eigenvalue weighted by Gasteiger charge is -2.21. The van der Waals surface area contributed by atoms with Crippen molar-refractivity contribution in [1.82, 2.24) is 14.8 Å². The molecule has 0 saturated carbocycles. The second kappa shape index (κ2) is 7.11. The molecule has 1 rings (SSSR count). The summed E-state index contributed by atoms with van der Waals surface area (Å²) in [6.07, 6.45) is 2.72. The minimum absolute atomic E-state index is 0.0243. The standard InChI is InChI=1S/C14H23N3O/c1-5-17(10-6-9-16(3)4)14(18)13-8-7-12(2)11-15-13/h7-8,11H,5-6,9-10H2,1-4H3. The molecule has 0 saturated heterocycles. The molecule has 0 radical (unpaired) electrons. The minimum atomic E-state index is 0.0243. The van der Waals surface area contributed by atoms with Crippen LogP contribution < -0.4 is 0 Å². The lowest BCUT2D eigenvalue weighted by molar-refractivity contribution is 0.0753. The van der Waals surface area contributed by atoms with E-state index in [0.29, 0.717) is 5.69 Å². The molecule has 4 heteroatoms. The van der Waals surface area contributed by atoms with Gasteiger partial charge in [0.25, 0.3) is 5.91 Å². The van der Waals surface area contributed by atoms with Crippen molar-refractivity contribution in [3.05, 3.63) is 29.6 Å². The smallest absolute Gasteiger partial charge is 0.272 e. The summed E-state index contributed by atoms with van der Waals surface area (Å²) in [7, 11) is 4.08. The summed E-state index contributed by atoms with van der Waals surface area (Å²) in [5.74, 6) is 0.0243. The van der Waals surface area contributed by atoms with Crippen LogP contribution in [0, 0.1) is 6.92 Å². The predicted molar refractivity (Wildman–Crippen MR) is 73.7 cm³/mol. The number of rotatable bonds is 6. The lowest BCUT2D eigenvalue weighted by atomic mass is 10.2. The van der Waals surface area contributed by atoms with E-state index < -0.39 is 0 Å². The Bertz CT molecular complexity index is 373. The molecule has 0 aliphatic rings. The van der Waals surface area contributed by atoms with Crippen molar-refractivity contribution in [1.29, 1.82) is 0 Å². The summed E-state index contributed by atoms with van der Waals surface area (Å²) in [5.41, 5.74) is 1.61. The highest BCUT2D eigenvalue weighted by atomic mass is 16.2. The predicted octanol–water partition coefficient (Wildman–Crippen LogP) is 1.80. The minimum Gasteiger partial charge on any atom is -0.338 e. The highest BCUT2D eigenvalue weighted by Gasteiger charge is 2.14. The molecule has 4 nitrogen and oxygen atoms in total. The Hall–Kier alpha value is -1.42. The molecule has 0 aliphatic heterocycles. The van der Waals surface area contributed by atoms with E-state index in [9.17, 15) is 4.79 Å². The first-order valence-corrected chi connectivity index (χ1v) is 6.41. The molecule has 0 atom stereocenters. The molecule has 1 aromatic rings. The molecule has 0 aliphatic carbocycles. The fourth-order valence-electron chi connectivity index (χ4n) is 1.74. The molecule has 0 bridgehead atoms. The monoisotopic (exact) mass is 249 g/mol. The Morgan fingerprint density at radius 3 is 2.50 bits per heavy atom. The highest BCUT2D eigenvalue weighted by molar-refractivity contribution is 5.92. The highest BCUT2D eigenvalue weighted by Crippen LogP contribution is 2.04. The molecule has 0 N–H and O–H groups in total. The summed E-state index contributed by atoms with van der Waals surface area (Å²) in [6.45, 7) is 6.47. The summed E-state index contributed by atoms with van der Waals surface area (Å²) < 4.78 is 0. The van der Waals surface area contributed by atoms with Crippen LogP contribution in [0.1, 0.15) is 29.4 Å². The number of hydrogen-bond acceptors (Lipinski definition) is 3. The Morgan fingerprint density at radius 2 is 2.00 bits per heavy atom. The molecular formula is C14H23N3O. The first kappa shape index (κ1) is 14.6. The van der Waals surface area contributed by atoms with Crippen molar-refractivity contribution < 1.29 is 4.79 Å². The number of amides is 1. The van der Waals surface area contributed by atoms with Crippen LogP contribution >= 0.6 is 0 Å². The first-order chi connectivity index (χ1) is 8.54. The third-order valence-corrected chi connectivity index (χ3v) is 2.83. The maximum Gasteiger partial charge on any atom is 0.272 e. The molecule has 0 fully saturated rings. The zero-order valence-corrected chi connectivity index (χ0v) is 11.8. The van der Waals surface area contributed by atoms with E-state index in [2.05, 4.69) is 9.88 Å². The summed E-state index contributed by atoms with van der Waals surface area (Å²) in [6, 6.07) is 3.72. The largest absolute Gasteiger partial charge is 0.338 e. The van der Waals surface area contributed by atoms with Crippen molar-refractivity contribution in [2.75, 3.05) is 33.7 Å². The number of carbonyl (C=O) groups excluding carboxylic acids is 1. The van der Waals surface area contributed by atoms with Crippen LogP contribution in [-0.4, -0.2) is 54.4 Å². The van der Waals surface area contributed by atoms with Crippen LogP contribution in [0.2, 0.25) is 0 Å². The average molecular weight is 249 g/mol.